The Kier molecular flexibility index (Phi) is 2.89. The molecule has 0 radical (unpaired) electrons. The molecule has 0 N–H and O–H groups in total. The molecule has 4 fully saturated rings. The second kappa shape index (κ2) is 4.34. The van der Waals surface area contributed by atoms with Gasteiger partial charge >= 0.3 is 0 Å². The highest BCUT2D eigenvalue weighted by Gasteiger charge is 2.57. The molecular formula is C19H30O. The summed E-state index contributed by atoms with van der Waals surface area (Å²) in [6, 6.07) is 0. The van der Waals surface area contributed by atoms with Crippen molar-refractivity contribution in [3.63, 3.8) is 0 Å². The molecule has 4 rings (SSSR count). The Balaban J connectivity index is 1.64. The lowest BCUT2D eigenvalue weighted by atomic mass is 9.45. The topological polar surface area (TPSA) is 17.1 Å². The highest BCUT2D eigenvalue weighted by molar-refractivity contribution is 5.79. The quantitative estimate of drug-likeness (QED) is 0.608. The Bertz CT molecular complexity index is 427. The summed E-state index contributed by atoms with van der Waals surface area (Å²) in [4.78, 5) is 11.9. The van der Waals surface area contributed by atoms with Crippen LogP contribution >= 0.6 is 0 Å². The van der Waals surface area contributed by atoms with E-state index < -0.39 is 0 Å². The monoisotopic (exact) mass is 274 g/mol. The SMILES string of the molecule is C[C@]12CCC[C@@H]1[C@H]1CC[C@@H]3CC(=O)CC[C@]3(C)[C@@H]1CC2. The summed E-state index contributed by atoms with van der Waals surface area (Å²) in [6.45, 7) is 5.14. The first-order chi connectivity index (χ1) is 9.53. The lowest BCUT2D eigenvalue weighted by Gasteiger charge is -2.59. The summed E-state index contributed by atoms with van der Waals surface area (Å²) < 4.78 is 0. The molecule has 0 saturated heterocycles. The summed E-state index contributed by atoms with van der Waals surface area (Å²) in [5, 5.41) is 0. The van der Waals surface area contributed by atoms with Gasteiger partial charge in [-0.25, -0.2) is 0 Å². The molecular weight excluding hydrogens is 244 g/mol. The van der Waals surface area contributed by atoms with Crippen molar-refractivity contribution in [1.29, 1.82) is 0 Å². The van der Waals surface area contributed by atoms with Crippen molar-refractivity contribution < 1.29 is 4.79 Å². The summed E-state index contributed by atoms with van der Waals surface area (Å²) in [5.41, 5.74) is 1.18. The zero-order valence-corrected chi connectivity index (χ0v) is 13.3. The van der Waals surface area contributed by atoms with Gasteiger partial charge in [-0.2, -0.15) is 0 Å². The van der Waals surface area contributed by atoms with Crippen molar-refractivity contribution in [2.75, 3.05) is 0 Å². The van der Waals surface area contributed by atoms with Gasteiger partial charge in [-0.3, -0.25) is 4.79 Å². The van der Waals surface area contributed by atoms with Crippen LogP contribution in [0, 0.1) is 34.5 Å². The van der Waals surface area contributed by atoms with Gasteiger partial charge in [0.25, 0.3) is 0 Å². The van der Waals surface area contributed by atoms with Crippen LogP contribution in [0.4, 0.5) is 0 Å². The predicted molar refractivity (Wildman–Crippen MR) is 81.4 cm³/mol. The number of carbonyl (C=O) groups excluding carboxylic acids is 1. The van der Waals surface area contributed by atoms with Crippen LogP contribution in [0.2, 0.25) is 0 Å². The van der Waals surface area contributed by atoms with Gasteiger partial charge in [-0.05, 0) is 79.4 Å². The number of fused-ring (bicyclic) bond motifs is 5. The molecule has 1 nitrogen and oxygen atoms in total. The fraction of sp³-hybridized carbons (Fsp3) is 0.947. The van der Waals surface area contributed by atoms with E-state index in [9.17, 15) is 4.79 Å². The number of hydrogen-bond donors (Lipinski definition) is 0. The van der Waals surface area contributed by atoms with Crippen molar-refractivity contribution >= 4 is 5.78 Å². The van der Waals surface area contributed by atoms with E-state index in [0.717, 1.165) is 36.5 Å². The summed E-state index contributed by atoms with van der Waals surface area (Å²) in [5.74, 6) is 4.20. The molecule has 0 bridgehead atoms. The molecule has 0 aliphatic heterocycles. The molecule has 4 aliphatic carbocycles. The zero-order chi connectivity index (χ0) is 14.0. The van der Waals surface area contributed by atoms with E-state index in [-0.39, 0.29) is 0 Å². The van der Waals surface area contributed by atoms with Gasteiger partial charge in [0.1, 0.15) is 5.78 Å². The molecule has 6 atom stereocenters. The molecule has 0 unspecified atom stereocenters. The average molecular weight is 274 g/mol. The fourth-order valence-electron chi connectivity index (χ4n) is 7.04. The van der Waals surface area contributed by atoms with E-state index >= 15 is 0 Å². The van der Waals surface area contributed by atoms with E-state index in [1.165, 1.54) is 51.4 Å². The van der Waals surface area contributed by atoms with Crippen LogP contribution in [0.25, 0.3) is 0 Å². The molecule has 4 saturated carbocycles. The van der Waals surface area contributed by atoms with E-state index in [4.69, 9.17) is 0 Å². The molecule has 0 spiro atoms. The number of Topliss-reactive ketones (excluding diaryl/α,β-unsaturated/α-hetero) is 1. The average Bonchev–Trinajstić information content (AvgIpc) is 2.81. The molecule has 4 aliphatic rings. The minimum absolute atomic E-state index is 0.501. The van der Waals surface area contributed by atoms with E-state index in [0.29, 0.717) is 16.6 Å². The first kappa shape index (κ1) is 13.3. The van der Waals surface area contributed by atoms with Gasteiger partial charge in [-0.15, -0.1) is 0 Å². The van der Waals surface area contributed by atoms with Gasteiger partial charge in [0.05, 0.1) is 0 Å². The Morgan fingerprint density at radius 2 is 1.80 bits per heavy atom. The molecule has 0 heterocycles. The normalized spacial score (nSPS) is 55.0. The number of ketones is 1. The van der Waals surface area contributed by atoms with Crippen LogP contribution in [0.3, 0.4) is 0 Å². The summed E-state index contributed by atoms with van der Waals surface area (Å²) >= 11 is 0. The van der Waals surface area contributed by atoms with Crippen molar-refractivity contribution in [1.82, 2.24) is 0 Å². The lowest BCUT2D eigenvalue weighted by molar-refractivity contribution is -0.137. The van der Waals surface area contributed by atoms with Crippen molar-refractivity contribution in [2.45, 2.75) is 78.1 Å². The third kappa shape index (κ3) is 1.70. The zero-order valence-electron chi connectivity index (χ0n) is 13.3. The summed E-state index contributed by atoms with van der Waals surface area (Å²) in [6.07, 6.45) is 13.1. The molecule has 20 heavy (non-hydrogen) atoms. The van der Waals surface area contributed by atoms with Crippen LogP contribution in [0.15, 0.2) is 0 Å². The van der Waals surface area contributed by atoms with Gasteiger partial charge in [0, 0.05) is 12.8 Å². The lowest BCUT2D eigenvalue weighted by Crippen LogP contribution is -2.52. The second-order valence-corrected chi connectivity index (χ2v) is 8.98. The molecule has 0 aromatic rings. The van der Waals surface area contributed by atoms with Crippen molar-refractivity contribution in [3.05, 3.63) is 0 Å². The summed E-state index contributed by atoms with van der Waals surface area (Å²) in [7, 11) is 0. The highest BCUT2D eigenvalue weighted by atomic mass is 16.1. The maximum atomic E-state index is 11.9. The van der Waals surface area contributed by atoms with Crippen LogP contribution in [-0.4, -0.2) is 5.78 Å². The van der Waals surface area contributed by atoms with Crippen LogP contribution in [0.5, 0.6) is 0 Å². The number of rotatable bonds is 0. The third-order valence-electron chi connectivity index (χ3n) is 8.26. The van der Waals surface area contributed by atoms with Crippen LogP contribution < -0.4 is 0 Å². The maximum Gasteiger partial charge on any atom is 0.133 e. The molecule has 112 valence electrons. The second-order valence-electron chi connectivity index (χ2n) is 8.98. The van der Waals surface area contributed by atoms with E-state index in [2.05, 4.69) is 13.8 Å². The van der Waals surface area contributed by atoms with Crippen molar-refractivity contribution in [3.8, 4) is 0 Å². The molecule has 0 aromatic carbocycles. The first-order valence-corrected chi connectivity index (χ1v) is 9.05. The van der Waals surface area contributed by atoms with Crippen molar-refractivity contribution in [2.24, 2.45) is 34.5 Å². The van der Waals surface area contributed by atoms with Crippen LogP contribution in [0.1, 0.15) is 78.1 Å². The standard InChI is InChI=1S/C19H30O/c1-18-9-3-4-16(18)15-6-5-13-12-14(20)7-11-19(13,2)17(15)8-10-18/h13,15-17H,3-12H2,1-2H3/t13-,15-,16-,17-,18-,19+/m1/s1. The first-order valence-electron chi connectivity index (χ1n) is 9.05. The molecule has 1 heteroatoms. The van der Waals surface area contributed by atoms with Gasteiger partial charge in [0.2, 0.25) is 0 Å². The molecule has 0 aromatic heterocycles. The van der Waals surface area contributed by atoms with Gasteiger partial charge < -0.3 is 0 Å². The third-order valence-corrected chi connectivity index (χ3v) is 8.26. The smallest absolute Gasteiger partial charge is 0.133 e. The van der Waals surface area contributed by atoms with E-state index in [1.54, 1.807) is 0 Å². The minimum Gasteiger partial charge on any atom is -0.300 e. The highest BCUT2D eigenvalue weighted by Crippen LogP contribution is 2.65. The van der Waals surface area contributed by atoms with Gasteiger partial charge in [0.15, 0.2) is 0 Å². The Labute approximate surface area is 123 Å². The molecule has 0 amide bonds. The number of carbonyl (C=O) groups is 1. The van der Waals surface area contributed by atoms with E-state index in [1.807, 2.05) is 0 Å². The fourth-order valence-corrected chi connectivity index (χ4v) is 7.04. The van der Waals surface area contributed by atoms with Crippen LogP contribution in [-0.2, 0) is 4.79 Å². The predicted octanol–water partition coefficient (Wildman–Crippen LogP) is 4.99. The number of hydrogen-bond acceptors (Lipinski definition) is 1. The van der Waals surface area contributed by atoms with Gasteiger partial charge in [-0.1, -0.05) is 20.3 Å². The Morgan fingerprint density at radius 1 is 0.950 bits per heavy atom. The maximum absolute atomic E-state index is 11.9. The minimum atomic E-state index is 0.501. The Morgan fingerprint density at radius 3 is 2.65 bits per heavy atom. The largest absolute Gasteiger partial charge is 0.300 e. The Hall–Kier alpha value is -0.330.